The first kappa shape index (κ1) is 12.4. The normalized spacial score (nSPS) is 11.1. The number of hydrogen-bond donors (Lipinski definition) is 0. The summed E-state index contributed by atoms with van der Waals surface area (Å²) < 4.78 is 2.74. The molecular weight excluding hydrogens is 284 g/mol. The highest BCUT2D eigenvalue weighted by molar-refractivity contribution is 7.16. The Morgan fingerprint density at radius 1 is 1.50 bits per heavy atom. The van der Waals surface area contributed by atoms with Gasteiger partial charge >= 0.3 is 5.95 Å². The fourth-order valence-electron chi connectivity index (χ4n) is 1.75. The minimum atomic E-state index is -0.676. The van der Waals surface area contributed by atoms with Crippen molar-refractivity contribution >= 4 is 22.2 Å². The van der Waals surface area contributed by atoms with Gasteiger partial charge in [-0.15, -0.1) is 11.3 Å². The summed E-state index contributed by atoms with van der Waals surface area (Å²) >= 11 is 1.40. The van der Waals surface area contributed by atoms with Gasteiger partial charge in [-0.05, 0) is 11.8 Å². The van der Waals surface area contributed by atoms with Crippen LogP contribution in [0.25, 0.3) is 4.96 Å². The third-order valence-corrected chi connectivity index (χ3v) is 3.45. The Hall–Kier alpha value is -2.62. The molecule has 0 saturated carbocycles. The lowest BCUT2D eigenvalue weighted by Crippen LogP contribution is -2.15. The maximum Gasteiger partial charge on any atom is 0.490 e. The molecule has 10 heteroatoms. The molecule has 102 valence electrons. The van der Waals surface area contributed by atoms with Gasteiger partial charge in [-0.25, -0.2) is 4.98 Å². The van der Waals surface area contributed by atoms with E-state index in [2.05, 4.69) is 15.1 Å². The summed E-state index contributed by atoms with van der Waals surface area (Å²) in [6.07, 6.45) is 2.96. The molecule has 0 spiro atoms. The maximum absolute atomic E-state index is 11.9. The third kappa shape index (κ3) is 2.16. The first-order valence-electron chi connectivity index (χ1n) is 5.55. The van der Waals surface area contributed by atoms with Gasteiger partial charge < -0.3 is 10.1 Å². The standard InChI is InChI=1S/C10H8N6O3S/c1-6-3-15-8(17)2-7(12-10(15)20-6)4-14-5-11-9(13-14)16(18)19/h2-3,5H,4H2,1H3. The van der Waals surface area contributed by atoms with E-state index in [-0.39, 0.29) is 12.1 Å². The number of fused-ring (bicyclic) bond motifs is 1. The summed E-state index contributed by atoms with van der Waals surface area (Å²) in [5, 5.41) is 14.2. The summed E-state index contributed by atoms with van der Waals surface area (Å²) in [6, 6.07) is 1.38. The van der Waals surface area contributed by atoms with E-state index >= 15 is 0 Å². The third-order valence-electron chi connectivity index (χ3n) is 2.55. The summed E-state index contributed by atoms with van der Waals surface area (Å²) in [7, 11) is 0. The van der Waals surface area contributed by atoms with Crippen LogP contribution in [0.5, 0.6) is 0 Å². The zero-order valence-electron chi connectivity index (χ0n) is 10.3. The fraction of sp³-hybridized carbons (Fsp3) is 0.200. The van der Waals surface area contributed by atoms with Crippen LogP contribution in [-0.2, 0) is 6.54 Å². The topological polar surface area (TPSA) is 108 Å². The van der Waals surface area contributed by atoms with E-state index < -0.39 is 10.9 Å². The lowest BCUT2D eigenvalue weighted by Gasteiger charge is -1.98. The van der Waals surface area contributed by atoms with Gasteiger partial charge in [0, 0.05) is 22.2 Å². The van der Waals surface area contributed by atoms with Crippen LogP contribution in [0.2, 0.25) is 0 Å². The molecular formula is C10H8N6O3S. The maximum atomic E-state index is 11.9. The van der Waals surface area contributed by atoms with Gasteiger partial charge in [0.15, 0.2) is 4.96 Å². The molecule has 0 fully saturated rings. The van der Waals surface area contributed by atoms with Crippen LogP contribution in [0.3, 0.4) is 0 Å². The smallest absolute Gasteiger partial charge is 0.390 e. The molecule has 0 amide bonds. The number of nitro groups is 1. The molecule has 0 aromatic carbocycles. The zero-order valence-corrected chi connectivity index (χ0v) is 11.1. The van der Waals surface area contributed by atoms with Crippen molar-refractivity contribution in [2.75, 3.05) is 0 Å². The lowest BCUT2D eigenvalue weighted by atomic mass is 10.4. The van der Waals surface area contributed by atoms with E-state index in [1.165, 1.54) is 32.8 Å². The van der Waals surface area contributed by atoms with Crippen molar-refractivity contribution in [3.8, 4) is 0 Å². The van der Waals surface area contributed by atoms with Crippen molar-refractivity contribution in [3.63, 3.8) is 0 Å². The summed E-state index contributed by atoms with van der Waals surface area (Å²) in [6.45, 7) is 2.04. The largest absolute Gasteiger partial charge is 0.490 e. The molecule has 0 aliphatic heterocycles. The van der Waals surface area contributed by atoms with Crippen molar-refractivity contribution in [2.24, 2.45) is 0 Å². The first-order valence-corrected chi connectivity index (χ1v) is 6.37. The molecule has 0 unspecified atom stereocenters. The number of rotatable bonds is 3. The van der Waals surface area contributed by atoms with Crippen LogP contribution in [0.15, 0.2) is 23.4 Å². The van der Waals surface area contributed by atoms with Crippen molar-refractivity contribution in [1.29, 1.82) is 0 Å². The molecule has 3 rings (SSSR count). The van der Waals surface area contributed by atoms with Gasteiger partial charge in [0.05, 0.1) is 5.69 Å². The molecule has 3 heterocycles. The van der Waals surface area contributed by atoms with Crippen LogP contribution in [0, 0.1) is 17.0 Å². The second kappa shape index (κ2) is 4.49. The van der Waals surface area contributed by atoms with Gasteiger partial charge in [0.2, 0.25) is 6.33 Å². The van der Waals surface area contributed by atoms with Gasteiger partial charge in [-0.1, -0.05) is 4.98 Å². The van der Waals surface area contributed by atoms with E-state index in [1.807, 2.05) is 6.92 Å². The predicted octanol–water partition coefficient (Wildman–Crippen LogP) is 0.612. The number of aromatic nitrogens is 5. The molecule has 0 atom stereocenters. The van der Waals surface area contributed by atoms with E-state index in [4.69, 9.17) is 0 Å². The Morgan fingerprint density at radius 3 is 3.00 bits per heavy atom. The number of hydrogen-bond acceptors (Lipinski definition) is 7. The lowest BCUT2D eigenvalue weighted by molar-refractivity contribution is -0.394. The molecule has 0 N–H and O–H groups in total. The highest BCUT2D eigenvalue weighted by Crippen LogP contribution is 2.13. The molecule has 0 saturated heterocycles. The van der Waals surface area contributed by atoms with Crippen molar-refractivity contribution in [1.82, 2.24) is 24.1 Å². The molecule has 0 radical (unpaired) electrons. The van der Waals surface area contributed by atoms with Crippen LogP contribution in [0.1, 0.15) is 10.6 Å². The molecule has 0 aliphatic carbocycles. The van der Waals surface area contributed by atoms with E-state index in [9.17, 15) is 14.9 Å². The SMILES string of the molecule is Cc1cn2c(=O)cc(Cn3cnc([N+](=O)[O-])n3)nc2s1. The molecule has 3 aromatic rings. The predicted molar refractivity (Wildman–Crippen MR) is 69.9 cm³/mol. The highest BCUT2D eigenvalue weighted by atomic mass is 32.1. The van der Waals surface area contributed by atoms with E-state index in [0.717, 1.165) is 4.88 Å². The molecule has 9 nitrogen and oxygen atoms in total. The van der Waals surface area contributed by atoms with Crippen LogP contribution >= 0.6 is 11.3 Å². The number of nitrogens with zero attached hydrogens (tertiary/aromatic N) is 6. The monoisotopic (exact) mass is 292 g/mol. The molecule has 0 aliphatic rings. The quantitative estimate of drug-likeness (QED) is 0.517. The summed E-state index contributed by atoms with van der Waals surface area (Å²) in [5.74, 6) is -0.477. The Labute approximate surface area is 115 Å². The second-order valence-electron chi connectivity index (χ2n) is 4.08. The summed E-state index contributed by atoms with van der Waals surface area (Å²) in [5.41, 5.74) is 0.292. The van der Waals surface area contributed by atoms with E-state index in [0.29, 0.717) is 10.7 Å². The van der Waals surface area contributed by atoms with Gasteiger partial charge in [-0.3, -0.25) is 9.20 Å². The van der Waals surface area contributed by atoms with Gasteiger partial charge in [0.1, 0.15) is 6.54 Å². The average Bonchev–Trinajstić information content (AvgIpc) is 2.95. The Balaban J connectivity index is 1.97. The van der Waals surface area contributed by atoms with Gasteiger partial charge in [-0.2, -0.15) is 4.68 Å². The Bertz CT molecular complexity index is 863. The van der Waals surface area contributed by atoms with Crippen LogP contribution < -0.4 is 5.56 Å². The van der Waals surface area contributed by atoms with Crippen molar-refractivity contribution < 1.29 is 4.92 Å². The van der Waals surface area contributed by atoms with Crippen molar-refractivity contribution in [3.05, 3.63) is 49.6 Å². The van der Waals surface area contributed by atoms with E-state index in [1.54, 1.807) is 6.20 Å². The van der Waals surface area contributed by atoms with Crippen molar-refractivity contribution in [2.45, 2.75) is 13.5 Å². The van der Waals surface area contributed by atoms with Crippen LogP contribution in [-0.4, -0.2) is 29.1 Å². The van der Waals surface area contributed by atoms with Gasteiger partial charge in [0.25, 0.3) is 5.56 Å². The molecule has 0 bridgehead atoms. The van der Waals surface area contributed by atoms with Crippen LogP contribution in [0.4, 0.5) is 5.95 Å². The zero-order chi connectivity index (χ0) is 14.3. The minimum absolute atomic E-state index is 0.156. The molecule has 20 heavy (non-hydrogen) atoms. The second-order valence-corrected chi connectivity index (χ2v) is 5.29. The number of thiazole rings is 1. The summed E-state index contributed by atoms with van der Waals surface area (Å²) in [4.78, 5) is 31.1. The average molecular weight is 292 g/mol. The molecule has 3 aromatic heterocycles. The minimum Gasteiger partial charge on any atom is -0.390 e. The number of aryl methyl sites for hydroxylation is 1. The fourth-order valence-corrected chi connectivity index (χ4v) is 2.60. The Kier molecular flexibility index (Phi) is 2.79. The highest BCUT2D eigenvalue weighted by Gasteiger charge is 2.14. The Morgan fingerprint density at radius 2 is 2.30 bits per heavy atom. The first-order chi connectivity index (χ1) is 9.52.